The van der Waals surface area contributed by atoms with Gasteiger partial charge >= 0.3 is 0 Å². The topological polar surface area (TPSA) is 45.4 Å². The molecule has 0 spiro atoms. The molecule has 5 heteroatoms. The fourth-order valence-electron chi connectivity index (χ4n) is 2.61. The highest BCUT2D eigenvalue weighted by atomic mass is 32.1. The highest BCUT2D eigenvalue weighted by Gasteiger charge is 2.26. The Hall–Kier alpha value is -0.650. The van der Waals surface area contributed by atoms with E-state index in [1.165, 1.54) is 24.4 Å². The summed E-state index contributed by atoms with van der Waals surface area (Å²) in [6.07, 6.45) is 3.20. The van der Waals surface area contributed by atoms with Crippen molar-refractivity contribution in [2.24, 2.45) is 0 Å². The van der Waals surface area contributed by atoms with Crippen molar-refractivity contribution in [3.05, 3.63) is 11.1 Å². The van der Waals surface area contributed by atoms with Crippen LogP contribution in [0.1, 0.15) is 25.1 Å². The lowest BCUT2D eigenvalue weighted by molar-refractivity contribution is 0.209. The number of anilines is 1. The average Bonchev–Trinajstić information content (AvgIpc) is 2.91. The smallest absolute Gasteiger partial charge is 0.180 e. The summed E-state index contributed by atoms with van der Waals surface area (Å²) in [5.41, 5.74) is 5.65. The van der Waals surface area contributed by atoms with Crippen LogP contribution in [0.5, 0.6) is 0 Å². The Morgan fingerprint density at radius 2 is 2.29 bits per heavy atom. The molecule has 1 atom stereocenters. The molecule has 1 fully saturated rings. The summed E-state index contributed by atoms with van der Waals surface area (Å²) >= 11 is 1.61. The van der Waals surface area contributed by atoms with Crippen molar-refractivity contribution in [1.29, 1.82) is 0 Å². The molecule has 0 aliphatic carbocycles. The van der Waals surface area contributed by atoms with E-state index in [1.54, 1.807) is 11.3 Å². The summed E-state index contributed by atoms with van der Waals surface area (Å²) in [7, 11) is 0. The third-order valence-corrected chi connectivity index (χ3v) is 4.34. The van der Waals surface area contributed by atoms with E-state index in [2.05, 4.69) is 28.6 Å². The van der Waals surface area contributed by atoms with Gasteiger partial charge in [-0.15, -0.1) is 11.3 Å². The van der Waals surface area contributed by atoms with Crippen molar-refractivity contribution < 1.29 is 0 Å². The predicted octanol–water partition coefficient (Wildman–Crippen LogP) is 1.64. The van der Waals surface area contributed by atoms with E-state index in [0.29, 0.717) is 5.13 Å². The van der Waals surface area contributed by atoms with Crippen molar-refractivity contribution in [3.8, 4) is 0 Å². The first-order valence-electron chi connectivity index (χ1n) is 6.39. The number of likely N-dealkylation sites (tertiary alicyclic amines) is 1. The molecule has 0 aromatic carbocycles. The van der Waals surface area contributed by atoms with Crippen LogP contribution in [0.25, 0.3) is 0 Å². The van der Waals surface area contributed by atoms with Gasteiger partial charge in [0.2, 0.25) is 0 Å². The van der Waals surface area contributed by atoms with Gasteiger partial charge in [0, 0.05) is 36.8 Å². The number of hydrogen-bond acceptors (Lipinski definition) is 5. The lowest BCUT2D eigenvalue weighted by Crippen LogP contribution is -2.37. The molecular formula is C12H22N4S. The van der Waals surface area contributed by atoms with Gasteiger partial charge in [0.15, 0.2) is 5.13 Å². The standard InChI is InChI=1S/C12H22N4S/c1-3-16(4-2)10-5-6-15(8-10)9-11-7-14-12(13)17-11/h7,10H,3-6,8-9H2,1-2H3,(H2,13,14). The third kappa shape index (κ3) is 3.18. The number of aromatic nitrogens is 1. The zero-order chi connectivity index (χ0) is 12.3. The van der Waals surface area contributed by atoms with Crippen molar-refractivity contribution in [3.63, 3.8) is 0 Å². The van der Waals surface area contributed by atoms with E-state index >= 15 is 0 Å². The van der Waals surface area contributed by atoms with Gasteiger partial charge in [-0.3, -0.25) is 9.80 Å². The number of rotatable bonds is 5. The lowest BCUT2D eigenvalue weighted by Gasteiger charge is -2.26. The highest BCUT2D eigenvalue weighted by molar-refractivity contribution is 7.15. The molecule has 2 rings (SSSR count). The quantitative estimate of drug-likeness (QED) is 0.867. The molecule has 0 amide bonds. The zero-order valence-corrected chi connectivity index (χ0v) is 11.5. The van der Waals surface area contributed by atoms with Gasteiger partial charge in [-0.2, -0.15) is 0 Å². The number of nitrogens with two attached hydrogens (primary N) is 1. The Labute approximate surface area is 107 Å². The van der Waals surface area contributed by atoms with Crippen LogP contribution in [0.4, 0.5) is 5.13 Å². The molecule has 1 unspecified atom stereocenters. The van der Waals surface area contributed by atoms with Crippen LogP contribution in [0, 0.1) is 0 Å². The number of likely N-dealkylation sites (N-methyl/N-ethyl adjacent to an activating group) is 1. The largest absolute Gasteiger partial charge is 0.375 e. The first-order chi connectivity index (χ1) is 8.22. The molecule has 1 aliphatic rings. The minimum Gasteiger partial charge on any atom is -0.375 e. The van der Waals surface area contributed by atoms with E-state index < -0.39 is 0 Å². The van der Waals surface area contributed by atoms with Crippen LogP contribution in [0.2, 0.25) is 0 Å². The number of hydrogen-bond donors (Lipinski definition) is 1. The van der Waals surface area contributed by atoms with Crippen LogP contribution in [-0.4, -0.2) is 47.0 Å². The minimum atomic E-state index is 0.680. The second-order valence-corrected chi connectivity index (χ2v) is 5.71. The van der Waals surface area contributed by atoms with Crippen LogP contribution in [-0.2, 0) is 6.54 Å². The first kappa shape index (κ1) is 12.8. The normalized spacial score (nSPS) is 21.5. The molecule has 1 aromatic heterocycles. The highest BCUT2D eigenvalue weighted by Crippen LogP contribution is 2.21. The number of nitrogen functional groups attached to an aromatic ring is 1. The fourth-order valence-corrected chi connectivity index (χ4v) is 3.34. The number of nitrogens with zero attached hydrogens (tertiary/aromatic N) is 3. The average molecular weight is 254 g/mol. The van der Waals surface area contributed by atoms with Gasteiger partial charge in [-0.1, -0.05) is 13.8 Å². The molecular weight excluding hydrogens is 232 g/mol. The van der Waals surface area contributed by atoms with Gasteiger partial charge in [0.05, 0.1) is 0 Å². The van der Waals surface area contributed by atoms with Gasteiger partial charge in [0.25, 0.3) is 0 Å². The summed E-state index contributed by atoms with van der Waals surface area (Å²) < 4.78 is 0. The molecule has 0 radical (unpaired) electrons. The maximum Gasteiger partial charge on any atom is 0.180 e. The van der Waals surface area contributed by atoms with E-state index in [0.717, 1.165) is 25.7 Å². The fraction of sp³-hybridized carbons (Fsp3) is 0.750. The van der Waals surface area contributed by atoms with Crippen LogP contribution in [0.15, 0.2) is 6.20 Å². The zero-order valence-electron chi connectivity index (χ0n) is 10.7. The first-order valence-corrected chi connectivity index (χ1v) is 7.21. The maximum atomic E-state index is 5.65. The molecule has 96 valence electrons. The maximum absolute atomic E-state index is 5.65. The molecule has 1 saturated heterocycles. The number of thiazole rings is 1. The molecule has 17 heavy (non-hydrogen) atoms. The SMILES string of the molecule is CCN(CC)C1CCN(Cc2cnc(N)s2)C1. The second kappa shape index (κ2) is 5.80. The van der Waals surface area contributed by atoms with Gasteiger partial charge in [-0.05, 0) is 19.5 Å². The van der Waals surface area contributed by atoms with Crippen molar-refractivity contribution in [1.82, 2.24) is 14.8 Å². The van der Waals surface area contributed by atoms with E-state index in [-0.39, 0.29) is 0 Å². The lowest BCUT2D eigenvalue weighted by atomic mass is 10.2. The van der Waals surface area contributed by atoms with Crippen molar-refractivity contribution in [2.45, 2.75) is 32.9 Å². The van der Waals surface area contributed by atoms with Gasteiger partial charge in [-0.25, -0.2) is 4.98 Å². The molecule has 4 nitrogen and oxygen atoms in total. The molecule has 0 bridgehead atoms. The minimum absolute atomic E-state index is 0.680. The summed E-state index contributed by atoms with van der Waals surface area (Å²) in [6, 6.07) is 0.732. The Balaban J connectivity index is 1.85. The molecule has 1 aliphatic heterocycles. The summed E-state index contributed by atoms with van der Waals surface area (Å²) in [5.74, 6) is 0. The van der Waals surface area contributed by atoms with Crippen molar-refractivity contribution in [2.75, 3.05) is 31.9 Å². The third-order valence-electron chi connectivity index (χ3n) is 3.53. The summed E-state index contributed by atoms with van der Waals surface area (Å²) in [6.45, 7) is 10.2. The van der Waals surface area contributed by atoms with Gasteiger partial charge < -0.3 is 5.73 Å². The van der Waals surface area contributed by atoms with Crippen LogP contribution in [0.3, 0.4) is 0 Å². The van der Waals surface area contributed by atoms with Crippen LogP contribution >= 0.6 is 11.3 Å². The Bertz CT molecular complexity index is 348. The van der Waals surface area contributed by atoms with Crippen LogP contribution < -0.4 is 5.73 Å². The Kier molecular flexibility index (Phi) is 4.36. The summed E-state index contributed by atoms with van der Waals surface area (Å²) in [4.78, 5) is 10.5. The van der Waals surface area contributed by atoms with E-state index in [9.17, 15) is 0 Å². The molecule has 1 aromatic rings. The second-order valence-electron chi connectivity index (χ2n) is 4.56. The van der Waals surface area contributed by atoms with Crippen molar-refractivity contribution >= 4 is 16.5 Å². The molecule has 2 heterocycles. The van der Waals surface area contributed by atoms with E-state index in [1.807, 2.05) is 6.20 Å². The van der Waals surface area contributed by atoms with Gasteiger partial charge in [0.1, 0.15) is 0 Å². The summed E-state index contributed by atoms with van der Waals surface area (Å²) in [5, 5.41) is 0.680. The Morgan fingerprint density at radius 1 is 1.53 bits per heavy atom. The Morgan fingerprint density at radius 3 is 2.88 bits per heavy atom. The predicted molar refractivity (Wildman–Crippen MR) is 73.1 cm³/mol. The molecule has 2 N–H and O–H groups in total. The molecule has 0 saturated carbocycles. The monoisotopic (exact) mass is 254 g/mol. The van der Waals surface area contributed by atoms with E-state index in [4.69, 9.17) is 5.73 Å².